The van der Waals surface area contributed by atoms with Crippen molar-refractivity contribution in [1.29, 1.82) is 0 Å². The molecule has 0 amide bonds. The number of aliphatic carboxylic acids is 1. The first-order chi connectivity index (χ1) is 4.68. The summed E-state index contributed by atoms with van der Waals surface area (Å²) in [6, 6.07) is -0.812. The molecule has 0 saturated carbocycles. The van der Waals surface area contributed by atoms with Gasteiger partial charge in [-0.3, -0.25) is 4.79 Å². The fourth-order valence-electron chi connectivity index (χ4n) is 0.525. The molecule has 0 fully saturated rings. The molecule has 0 aliphatic heterocycles. The largest absolute Gasteiger partial charge is 0.480 e. The summed E-state index contributed by atoms with van der Waals surface area (Å²) < 4.78 is 0. The van der Waals surface area contributed by atoms with Crippen LogP contribution in [0.1, 0.15) is 12.8 Å². The Balaban J connectivity index is 0. The van der Waals surface area contributed by atoms with E-state index in [4.69, 9.17) is 16.0 Å². The number of hydrogen-bond acceptors (Lipinski definition) is 4. The first-order valence-corrected chi connectivity index (χ1v) is 3.04. The third-order valence-electron chi connectivity index (χ3n) is 1.12. The van der Waals surface area contributed by atoms with Crippen molar-refractivity contribution in [3.8, 4) is 0 Å². The van der Waals surface area contributed by atoms with Crippen LogP contribution in [0, 0.1) is 0 Å². The molecule has 0 aliphatic carbocycles. The minimum Gasteiger partial charge on any atom is -0.480 e. The predicted octanol–water partition coefficient (Wildman–Crippen LogP) is -0.421. The van der Waals surface area contributed by atoms with Crippen LogP contribution >= 0.6 is 12.4 Å². The zero-order valence-electron chi connectivity index (χ0n) is 5.99. The summed E-state index contributed by atoms with van der Waals surface area (Å²) in [4.78, 5) is 10.1. The van der Waals surface area contributed by atoms with Crippen LogP contribution in [0.4, 0.5) is 0 Å². The maximum absolute atomic E-state index is 10.1. The molecule has 0 bridgehead atoms. The van der Waals surface area contributed by atoms with Crippen molar-refractivity contribution in [2.45, 2.75) is 18.9 Å². The number of hydroxylamine groups is 1. The van der Waals surface area contributed by atoms with Crippen molar-refractivity contribution < 1.29 is 15.1 Å². The van der Waals surface area contributed by atoms with Crippen molar-refractivity contribution in [2.75, 3.05) is 6.54 Å². The van der Waals surface area contributed by atoms with Crippen LogP contribution in [0.25, 0.3) is 0 Å². The van der Waals surface area contributed by atoms with Crippen LogP contribution in [0.5, 0.6) is 0 Å². The van der Waals surface area contributed by atoms with E-state index >= 15 is 0 Å². The lowest BCUT2D eigenvalue weighted by Gasteiger charge is -2.03. The number of nitrogens with two attached hydrogens (primary N) is 1. The maximum Gasteiger partial charge on any atom is 0.320 e. The maximum atomic E-state index is 10.1. The number of nitrogens with one attached hydrogen (secondary N) is 1. The second-order valence-electron chi connectivity index (χ2n) is 2.00. The highest BCUT2D eigenvalue weighted by Crippen LogP contribution is 1.91. The van der Waals surface area contributed by atoms with Crippen LogP contribution in [0.2, 0.25) is 0 Å². The average molecular weight is 185 g/mol. The molecule has 0 unspecified atom stereocenters. The molecule has 0 aromatic heterocycles. The number of halogens is 1. The Bertz CT molecular complexity index is 112. The number of rotatable bonds is 5. The summed E-state index contributed by atoms with van der Waals surface area (Å²) in [6.07, 6.45) is 0.937. The molecule has 68 valence electrons. The molecule has 11 heavy (non-hydrogen) atoms. The molecule has 1 atom stereocenters. The molecule has 0 aliphatic rings. The molecule has 5 N–H and O–H groups in total. The third kappa shape index (κ3) is 7.54. The van der Waals surface area contributed by atoms with Crippen LogP contribution in [-0.2, 0) is 4.79 Å². The van der Waals surface area contributed by atoms with Crippen LogP contribution in [0.3, 0.4) is 0 Å². The molecule has 0 radical (unpaired) electrons. The summed E-state index contributed by atoms with van der Waals surface area (Å²) in [5.74, 6) is -1.00. The first-order valence-electron chi connectivity index (χ1n) is 3.04. The van der Waals surface area contributed by atoms with Gasteiger partial charge in [-0.25, -0.2) is 5.48 Å². The summed E-state index contributed by atoms with van der Waals surface area (Å²) in [5.41, 5.74) is 7.06. The van der Waals surface area contributed by atoms with Crippen molar-refractivity contribution in [3.05, 3.63) is 0 Å². The molecular formula is C5H13ClN2O3. The van der Waals surface area contributed by atoms with Crippen LogP contribution < -0.4 is 11.2 Å². The van der Waals surface area contributed by atoms with Gasteiger partial charge in [0.2, 0.25) is 0 Å². The lowest BCUT2D eigenvalue weighted by Crippen LogP contribution is -2.30. The van der Waals surface area contributed by atoms with Gasteiger partial charge in [-0.05, 0) is 12.8 Å². The van der Waals surface area contributed by atoms with E-state index in [2.05, 4.69) is 0 Å². The Morgan fingerprint density at radius 1 is 1.64 bits per heavy atom. The van der Waals surface area contributed by atoms with Crippen LogP contribution in [-0.4, -0.2) is 28.9 Å². The Morgan fingerprint density at radius 3 is 2.55 bits per heavy atom. The minimum absolute atomic E-state index is 0. The van der Waals surface area contributed by atoms with Gasteiger partial charge in [-0.2, -0.15) is 0 Å². The van der Waals surface area contributed by atoms with Crippen molar-refractivity contribution in [2.24, 2.45) is 5.73 Å². The molecule has 0 aromatic rings. The summed E-state index contributed by atoms with van der Waals surface area (Å²) in [5, 5.41) is 16.4. The lowest BCUT2D eigenvalue weighted by atomic mass is 10.2. The fourth-order valence-corrected chi connectivity index (χ4v) is 0.525. The van der Waals surface area contributed by atoms with E-state index in [0.717, 1.165) is 0 Å². The second-order valence-corrected chi connectivity index (χ2v) is 2.00. The summed E-state index contributed by atoms with van der Waals surface area (Å²) in [6.45, 7) is 0.376. The Hall–Kier alpha value is -0.360. The van der Waals surface area contributed by atoms with Gasteiger partial charge in [0.25, 0.3) is 0 Å². The zero-order valence-corrected chi connectivity index (χ0v) is 6.80. The second kappa shape index (κ2) is 7.74. The highest BCUT2D eigenvalue weighted by molar-refractivity contribution is 5.85. The monoisotopic (exact) mass is 184 g/mol. The van der Waals surface area contributed by atoms with Gasteiger partial charge >= 0.3 is 5.97 Å². The standard InChI is InChI=1S/C5H12N2O3.ClH/c6-4(5(8)9)2-1-3-7-10;/h4,7,10H,1-3,6H2,(H,8,9);1H/t4-;/m0./s1. The van der Waals surface area contributed by atoms with E-state index in [1.165, 1.54) is 0 Å². The van der Waals surface area contributed by atoms with Gasteiger partial charge in [0.1, 0.15) is 6.04 Å². The van der Waals surface area contributed by atoms with Gasteiger partial charge in [0, 0.05) is 6.54 Å². The van der Waals surface area contributed by atoms with Gasteiger partial charge < -0.3 is 16.0 Å². The zero-order chi connectivity index (χ0) is 7.98. The topological polar surface area (TPSA) is 95.6 Å². The van der Waals surface area contributed by atoms with Crippen molar-refractivity contribution >= 4 is 18.4 Å². The normalized spacial score (nSPS) is 11.8. The minimum atomic E-state index is -1.00. The van der Waals surface area contributed by atoms with E-state index in [1.54, 1.807) is 0 Å². The van der Waals surface area contributed by atoms with E-state index in [0.29, 0.717) is 19.4 Å². The van der Waals surface area contributed by atoms with Gasteiger partial charge in [-0.1, -0.05) is 0 Å². The Kier molecular flexibility index (Phi) is 9.32. The number of carbonyl (C=O) groups is 1. The molecule has 0 spiro atoms. The van der Waals surface area contributed by atoms with Crippen molar-refractivity contribution in [1.82, 2.24) is 5.48 Å². The molecule has 0 rings (SSSR count). The number of hydrogen-bond donors (Lipinski definition) is 4. The molecule has 5 nitrogen and oxygen atoms in total. The Labute approximate surface area is 70.9 Å². The molecular weight excluding hydrogens is 172 g/mol. The van der Waals surface area contributed by atoms with Crippen molar-refractivity contribution in [3.63, 3.8) is 0 Å². The fraction of sp³-hybridized carbons (Fsp3) is 0.800. The van der Waals surface area contributed by atoms with E-state index in [9.17, 15) is 4.79 Å². The van der Waals surface area contributed by atoms with Crippen LogP contribution in [0.15, 0.2) is 0 Å². The molecule has 0 saturated heterocycles. The number of carboxylic acid groups (broad SMARTS) is 1. The van der Waals surface area contributed by atoms with Gasteiger partial charge in [0.15, 0.2) is 0 Å². The quantitative estimate of drug-likeness (QED) is 0.344. The molecule has 0 aromatic carbocycles. The third-order valence-corrected chi connectivity index (χ3v) is 1.12. The van der Waals surface area contributed by atoms with Gasteiger partial charge in [-0.15, -0.1) is 12.4 Å². The summed E-state index contributed by atoms with van der Waals surface area (Å²) >= 11 is 0. The Morgan fingerprint density at radius 2 is 2.18 bits per heavy atom. The smallest absolute Gasteiger partial charge is 0.320 e. The van der Waals surface area contributed by atoms with E-state index in [1.807, 2.05) is 5.48 Å². The SMILES string of the molecule is Cl.N[C@@H](CCCNO)C(=O)O. The molecule has 0 heterocycles. The van der Waals surface area contributed by atoms with E-state index < -0.39 is 12.0 Å². The average Bonchev–Trinajstić information content (AvgIpc) is 1.88. The highest BCUT2D eigenvalue weighted by Gasteiger charge is 2.09. The summed E-state index contributed by atoms with van der Waals surface area (Å²) in [7, 11) is 0. The van der Waals surface area contributed by atoms with Gasteiger partial charge in [0.05, 0.1) is 0 Å². The highest BCUT2D eigenvalue weighted by atomic mass is 35.5. The number of carboxylic acids is 1. The first kappa shape index (κ1) is 13.2. The van der Waals surface area contributed by atoms with E-state index in [-0.39, 0.29) is 12.4 Å². The molecule has 6 heteroatoms. The lowest BCUT2D eigenvalue weighted by molar-refractivity contribution is -0.138. The predicted molar refractivity (Wildman–Crippen MR) is 41.9 cm³/mol.